The smallest absolute Gasteiger partial charge is 0.276 e. The monoisotopic (exact) mass is 376 g/mol. The van der Waals surface area contributed by atoms with E-state index in [1.165, 1.54) is 30.2 Å². The molecular weight excluding hydrogens is 352 g/mol. The number of hydrogen-bond donors (Lipinski definition) is 1. The quantitative estimate of drug-likeness (QED) is 0.748. The van der Waals surface area contributed by atoms with E-state index in [0.717, 1.165) is 24.2 Å². The molecule has 1 N–H and O–H groups in total. The summed E-state index contributed by atoms with van der Waals surface area (Å²) in [4.78, 5) is 18.1. The summed E-state index contributed by atoms with van der Waals surface area (Å²) >= 11 is 0. The fourth-order valence-corrected chi connectivity index (χ4v) is 4.42. The fourth-order valence-electron chi connectivity index (χ4n) is 4.42. The molecule has 5 rings (SSSR count). The van der Waals surface area contributed by atoms with Gasteiger partial charge in [0, 0.05) is 17.7 Å². The van der Waals surface area contributed by atoms with Gasteiger partial charge in [0.25, 0.3) is 5.56 Å². The third-order valence-corrected chi connectivity index (χ3v) is 6.06. The number of aromatic nitrogens is 5. The van der Waals surface area contributed by atoms with Crippen LogP contribution in [0.1, 0.15) is 87.1 Å². The van der Waals surface area contributed by atoms with E-state index in [1.54, 1.807) is 6.20 Å². The third-order valence-electron chi connectivity index (χ3n) is 6.06. The highest BCUT2D eigenvalue weighted by molar-refractivity contribution is 5.66. The lowest BCUT2D eigenvalue weighted by Crippen LogP contribution is -2.23. The summed E-state index contributed by atoms with van der Waals surface area (Å²) in [6.45, 7) is 4.03. The molecule has 0 saturated heterocycles. The fraction of sp³-hybridized carbons (Fsp3) is 0.524. The second-order valence-electron chi connectivity index (χ2n) is 8.40. The highest BCUT2D eigenvalue weighted by Gasteiger charge is 2.32. The number of nitrogens with zero attached hydrogens (tertiary/aromatic N) is 5. The van der Waals surface area contributed by atoms with Crippen molar-refractivity contribution in [1.82, 2.24) is 24.4 Å². The van der Waals surface area contributed by atoms with Crippen molar-refractivity contribution in [1.29, 1.82) is 5.26 Å². The molecule has 0 aromatic carbocycles. The van der Waals surface area contributed by atoms with E-state index in [2.05, 4.69) is 21.9 Å². The number of hydrogen-bond acceptors (Lipinski definition) is 4. The second-order valence-corrected chi connectivity index (χ2v) is 8.40. The molecule has 0 amide bonds. The molecular formula is C21H24N6O. The van der Waals surface area contributed by atoms with Crippen LogP contribution in [0.25, 0.3) is 17.0 Å². The Balaban J connectivity index is 1.80. The predicted molar refractivity (Wildman–Crippen MR) is 105 cm³/mol. The number of aromatic amines is 1. The Morgan fingerprint density at radius 2 is 2.00 bits per heavy atom. The van der Waals surface area contributed by atoms with E-state index in [-0.39, 0.29) is 11.5 Å². The van der Waals surface area contributed by atoms with Crippen LogP contribution >= 0.6 is 0 Å². The molecule has 0 aliphatic heterocycles. The molecule has 2 saturated carbocycles. The van der Waals surface area contributed by atoms with E-state index >= 15 is 0 Å². The highest BCUT2D eigenvalue weighted by atomic mass is 16.1. The van der Waals surface area contributed by atoms with Crippen LogP contribution in [-0.4, -0.2) is 24.4 Å². The van der Waals surface area contributed by atoms with E-state index < -0.39 is 0 Å². The first-order valence-corrected chi connectivity index (χ1v) is 10.2. The maximum atomic E-state index is 13.2. The molecule has 0 unspecified atom stereocenters. The number of H-pyrrole nitrogens is 1. The van der Waals surface area contributed by atoms with Crippen molar-refractivity contribution in [2.45, 2.75) is 70.3 Å². The Morgan fingerprint density at radius 3 is 2.64 bits per heavy atom. The Labute approximate surface area is 163 Å². The summed E-state index contributed by atoms with van der Waals surface area (Å²) < 4.78 is 3.51. The van der Waals surface area contributed by atoms with Crippen molar-refractivity contribution in [3.05, 3.63) is 39.4 Å². The Hall–Kier alpha value is -2.88. The molecule has 2 aliphatic rings. The lowest BCUT2D eigenvalue weighted by atomic mass is 10.0. The van der Waals surface area contributed by atoms with Gasteiger partial charge in [0.2, 0.25) is 0 Å². The van der Waals surface area contributed by atoms with Crippen LogP contribution in [0.4, 0.5) is 0 Å². The van der Waals surface area contributed by atoms with Crippen molar-refractivity contribution < 1.29 is 0 Å². The van der Waals surface area contributed by atoms with Crippen LogP contribution in [-0.2, 0) is 0 Å². The SMILES string of the molecule is CC(C)c1c(-c2cc(C3CC3)nn2C2CCCC2)nc2c(C#N)c[nH]n2c1=O. The van der Waals surface area contributed by atoms with Crippen LogP contribution in [0.5, 0.6) is 0 Å². The first-order valence-electron chi connectivity index (χ1n) is 10.2. The zero-order valence-electron chi connectivity index (χ0n) is 16.3. The summed E-state index contributed by atoms with van der Waals surface area (Å²) in [5.74, 6) is 0.549. The van der Waals surface area contributed by atoms with E-state index in [1.807, 2.05) is 13.8 Å². The normalized spacial score (nSPS) is 17.6. The lowest BCUT2D eigenvalue weighted by Gasteiger charge is -2.17. The maximum Gasteiger partial charge on any atom is 0.276 e. The number of rotatable bonds is 4. The minimum Gasteiger partial charge on any atom is -0.295 e. The van der Waals surface area contributed by atoms with Crippen molar-refractivity contribution in [2.24, 2.45) is 0 Å². The summed E-state index contributed by atoms with van der Waals surface area (Å²) in [5, 5.41) is 17.3. The zero-order valence-corrected chi connectivity index (χ0v) is 16.3. The standard InChI is InChI=1S/C21H24N6O/c1-12(2)18-19(24-20-14(10-22)11-23-27(20)21(18)28)17-9-16(13-7-8-13)25-26(17)15-5-3-4-6-15/h9,11-13,15,23H,3-8H2,1-2H3. The second kappa shape index (κ2) is 6.33. The minimum atomic E-state index is -0.136. The molecule has 3 heterocycles. The Morgan fingerprint density at radius 1 is 1.25 bits per heavy atom. The predicted octanol–water partition coefficient (Wildman–Crippen LogP) is 3.87. The molecule has 3 aromatic rings. The molecule has 144 valence electrons. The summed E-state index contributed by atoms with van der Waals surface area (Å²) in [5.41, 5.74) is 4.04. The number of nitriles is 1. The minimum absolute atomic E-state index is 0.0111. The average Bonchev–Trinajstić information content (AvgIpc) is 3.11. The van der Waals surface area contributed by atoms with Crippen molar-refractivity contribution in [3.8, 4) is 17.5 Å². The van der Waals surface area contributed by atoms with Gasteiger partial charge in [-0.2, -0.15) is 10.4 Å². The van der Waals surface area contributed by atoms with Gasteiger partial charge in [-0.25, -0.2) is 9.50 Å². The summed E-state index contributed by atoms with van der Waals surface area (Å²) in [6, 6.07) is 4.63. The molecule has 0 atom stereocenters. The third kappa shape index (κ3) is 2.59. The Bertz CT molecular complexity index is 1150. The topological polar surface area (TPSA) is 91.8 Å². The van der Waals surface area contributed by atoms with Crippen LogP contribution in [0.15, 0.2) is 17.1 Å². The van der Waals surface area contributed by atoms with Gasteiger partial charge in [0.1, 0.15) is 11.6 Å². The number of nitrogens with one attached hydrogen (secondary N) is 1. The van der Waals surface area contributed by atoms with Gasteiger partial charge >= 0.3 is 0 Å². The van der Waals surface area contributed by atoms with Gasteiger partial charge in [-0.3, -0.25) is 14.6 Å². The molecule has 7 heteroatoms. The van der Waals surface area contributed by atoms with Crippen LogP contribution in [0, 0.1) is 11.3 Å². The molecule has 2 aliphatic carbocycles. The zero-order chi connectivity index (χ0) is 19.4. The first kappa shape index (κ1) is 17.2. The van der Waals surface area contributed by atoms with Gasteiger partial charge in [-0.1, -0.05) is 26.7 Å². The molecule has 3 aromatic heterocycles. The maximum absolute atomic E-state index is 13.2. The van der Waals surface area contributed by atoms with E-state index in [0.29, 0.717) is 34.4 Å². The highest BCUT2D eigenvalue weighted by Crippen LogP contribution is 2.43. The van der Waals surface area contributed by atoms with Crippen molar-refractivity contribution in [3.63, 3.8) is 0 Å². The van der Waals surface area contributed by atoms with Crippen molar-refractivity contribution >= 4 is 5.65 Å². The van der Waals surface area contributed by atoms with E-state index in [4.69, 9.17) is 10.1 Å². The molecule has 0 radical (unpaired) electrons. The van der Waals surface area contributed by atoms with Gasteiger partial charge < -0.3 is 0 Å². The molecule has 0 bridgehead atoms. The van der Waals surface area contributed by atoms with Crippen LogP contribution < -0.4 is 5.56 Å². The largest absolute Gasteiger partial charge is 0.295 e. The molecule has 0 spiro atoms. The lowest BCUT2D eigenvalue weighted by molar-refractivity contribution is 0.467. The van der Waals surface area contributed by atoms with Crippen molar-refractivity contribution in [2.75, 3.05) is 0 Å². The number of fused-ring (bicyclic) bond motifs is 1. The Kier molecular flexibility index (Phi) is 3.90. The van der Waals surface area contributed by atoms with Crippen LogP contribution in [0.3, 0.4) is 0 Å². The van der Waals surface area contributed by atoms with Gasteiger partial charge in [-0.05, 0) is 37.7 Å². The van der Waals surface area contributed by atoms with Gasteiger partial charge in [0.15, 0.2) is 5.65 Å². The van der Waals surface area contributed by atoms with Crippen LogP contribution in [0.2, 0.25) is 0 Å². The van der Waals surface area contributed by atoms with Gasteiger partial charge in [-0.15, -0.1) is 0 Å². The van der Waals surface area contributed by atoms with Gasteiger partial charge in [0.05, 0.1) is 23.1 Å². The average molecular weight is 376 g/mol. The summed E-state index contributed by atoms with van der Waals surface area (Å²) in [6.07, 6.45) is 8.57. The molecule has 2 fully saturated rings. The van der Waals surface area contributed by atoms with E-state index in [9.17, 15) is 10.1 Å². The molecule has 28 heavy (non-hydrogen) atoms. The first-order chi connectivity index (χ1) is 13.6. The molecule has 7 nitrogen and oxygen atoms in total. The summed E-state index contributed by atoms with van der Waals surface area (Å²) in [7, 11) is 0.